The van der Waals surface area contributed by atoms with Crippen molar-refractivity contribution in [2.24, 2.45) is 29.4 Å². The third kappa shape index (κ3) is 3.50. The van der Waals surface area contributed by atoms with Crippen LogP contribution in [0.1, 0.15) is 6.42 Å². The summed E-state index contributed by atoms with van der Waals surface area (Å²) in [6, 6.07) is 5.96. The van der Waals surface area contributed by atoms with E-state index in [4.69, 9.17) is 20.9 Å². The lowest BCUT2D eigenvalue weighted by Crippen LogP contribution is -2.44. The van der Waals surface area contributed by atoms with Crippen LogP contribution in [0.5, 0.6) is 5.75 Å². The summed E-state index contributed by atoms with van der Waals surface area (Å²) >= 11 is 0. The number of anilines is 1. The summed E-state index contributed by atoms with van der Waals surface area (Å²) in [5.41, 5.74) is 17.5. The van der Waals surface area contributed by atoms with Gasteiger partial charge in [-0.05, 0) is 30.2 Å². The predicted molar refractivity (Wildman–Crippen MR) is 123 cm³/mol. The molecule has 2 aromatic rings. The average molecular weight is 434 g/mol. The number of nitrogens with zero attached hydrogens (tertiary/aromatic N) is 5. The highest BCUT2D eigenvalue weighted by Crippen LogP contribution is 2.39. The molecular weight excluding hydrogens is 406 g/mol. The van der Waals surface area contributed by atoms with Crippen molar-refractivity contribution in [2.75, 3.05) is 31.8 Å². The summed E-state index contributed by atoms with van der Waals surface area (Å²) < 4.78 is 13.1. The van der Waals surface area contributed by atoms with Crippen LogP contribution in [0.15, 0.2) is 71.2 Å². The SMILES string of the molecule is COc1cc(-c2cnn(C)c2)ccc1N1C(N)=NC=C2C=CN(CC3CCOC3)C(N)=C21. The zero-order valence-corrected chi connectivity index (χ0v) is 18.2. The van der Waals surface area contributed by atoms with Crippen LogP contribution in [0, 0.1) is 5.92 Å². The minimum atomic E-state index is 0.332. The Kier molecular flexibility index (Phi) is 5.10. The van der Waals surface area contributed by atoms with Crippen LogP contribution in [0.2, 0.25) is 0 Å². The van der Waals surface area contributed by atoms with E-state index >= 15 is 0 Å². The van der Waals surface area contributed by atoms with Crippen molar-refractivity contribution < 1.29 is 9.47 Å². The molecule has 0 bridgehead atoms. The number of guanidine groups is 1. The number of methoxy groups -OCH3 is 1. The lowest BCUT2D eigenvalue weighted by Gasteiger charge is -2.37. The van der Waals surface area contributed by atoms with Crippen molar-refractivity contribution >= 4 is 11.6 Å². The van der Waals surface area contributed by atoms with Gasteiger partial charge in [0.1, 0.15) is 11.6 Å². The van der Waals surface area contributed by atoms with Crippen LogP contribution in [-0.4, -0.2) is 47.5 Å². The number of hydrogen-bond donors (Lipinski definition) is 2. The highest BCUT2D eigenvalue weighted by atomic mass is 16.5. The number of allylic oxidation sites excluding steroid dienone is 1. The quantitative estimate of drug-likeness (QED) is 0.744. The molecule has 1 aromatic heterocycles. The molecule has 3 aliphatic heterocycles. The normalized spacial score (nSPS) is 20.4. The van der Waals surface area contributed by atoms with Gasteiger partial charge in [-0.15, -0.1) is 0 Å². The second kappa shape index (κ2) is 8.08. The van der Waals surface area contributed by atoms with E-state index in [1.54, 1.807) is 18.0 Å². The molecule has 0 radical (unpaired) electrons. The lowest BCUT2D eigenvalue weighted by molar-refractivity contribution is 0.180. The number of aromatic nitrogens is 2. The highest BCUT2D eigenvalue weighted by Gasteiger charge is 2.31. The van der Waals surface area contributed by atoms with Gasteiger partial charge in [-0.25, -0.2) is 4.99 Å². The van der Waals surface area contributed by atoms with E-state index in [1.807, 2.05) is 54.8 Å². The van der Waals surface area contributed by atoms with Crippen LogP contribution in [0.3, 0.4) is 0 Å². The Morgan fingerprint density at radius 3 is 2.84 bits per heavy atom. The molecule has 1 fully saturated rings. The number of rotatable bonds is 5. The number of hydrogen-bond acceptors (Lipinski definition) is 8. The Bertz CT molecular complexity index is 1150. The van der Waals surface area contributed by atoms with E-state index in [0.29, 0.717) is 23.4 Å². The summed E-state index contributed by atoms with van der Waals surface area (Å²) in [7, 11) is 3.54. The molecule has 0 saturated carbocycles. The van der Waals surface area contributed by atoms with Gasteiger partial charge in [0.25, 0.3) is 0 Å². The smallest absolute Gasteiger partial charge is 0.205 e. The maximum absolute atomic E-state index is 6.69. The summed E-state index contributed by atoms with van der Waals surface area (Å²) in [6.07, 6.45) is 10.6. The zero-order valence-electron chi connectivity index (χ0n) is 18.2. The van der Waals surface area contributed by atoms with Crippen molar-refractivity contribution in [3.8, 4) is 16.9 Å². The standard InChI is InChI=1S/C23H27N7O2/c1-28-13-18(11-27-28)16-3-4-19(20(9-16)31-2)30-21-17(10-26-23(30)25)5-7-29(22(21)24)12-15-6-8-32-14-15/h3-5,7,9-11,13,15H,6,8,12,14,24H2,1-2H3,(H2,25,26). The molecule has 0 aliphatic carbocycles. The van der Waals surface area contributed by atoms with Crippen LogP contribution >= 0.6 is 0 Å². The second-order valence-corrected chi connectivity index (χ2v) is 8.13. The molecule has 0 spiro atoms. The van der Waals surface area contributed by atoms with Crippen LogP contribution in [0.25, 0.3) is 11.1 Å². The Morgan fingerprint density at radius 2 is 2.12 bits per heavy atom. The average Bonchev–Trinajstić information content (AvgIpc) is 3.47. The van der Waals surface area contributed by atoms with Gasteiger partial charge < -0.3 is 25.8 Å². The van der Waals surface area contributed by atoms with Crippen LogP contribution in [-0.2, 0) is 11.8 Å². The molecule has 4 heterocycles. The monoisotopic (exact) mass is 433 g/mol. The lowest BCUT2D eigenvalue weighted by atomic mass is 10.0. The molecule has 0 amide bonds. The summed E-state index contributed by atoms with van der Waals surface area (Å²) in [4.78, 5) is 8.33. The number of nitrogens with two attached hydrogens (primary N) is 2. The van der Waals surface area contributed by atoms with E-state index in [0.717, 1.165) is 54.3 Å². The largest absolute Gasteiger partial charge is 0.495 e. The van der Waals surface area contributed by atoms with Crippen LogP contribution in [0.4, 0.5) is 5.69 Å². The molecule has 3 aliphatic rings. The first-order chi connectivity index (χ1) is 15.5. The first-order valence-corrected chi connectivity index (χ1v) is 10.6. The first-order valence-electron chi connectivity index (χ1n) is 10.6. The number of benzene rings is 1. The summed E-state index contributed by atoms with van der Waals surface area (Å²) in [6.45, 7) is 2.35. The third-order valence-corrected chi connectivity index (χ3v) is 5.99. The fourth-order valence-electron chi connectivity index (χ4n) is 4.29. The predicted octanol–water partition coefficient (Wildman–Crippen LogP) is 2.11. The van der Waals surface area contributed by atoms with Gasteiger partial charge in [-0.2, -0.15) is 5.10 Å². The van der Waals surface area contributed by atoms with E-state index in [2.05, 4.69) is 15.0 Å². The Balaban J connectivity index is 1.54. The topological polar surface area (TPSA) is 107 Å². The maximum Gasteiger partial charge on any atom is 0.205 e. The molecule has 4 N–H and O–H groups in total. The van der Waals surface area contributed by atoms with Crippen molar-refractivity contribution in [1.29, 1.82) is 0 Å². The van der Waals surface area contributed by atoms with E-state index in [1.165, 1.54) is 0 Å². The third-order valence-electron chi connectivity index (χ3n) is 5.99. The van der Waals surface area contributed by atoms with Crippen molar-refractivity contribution in [3.05, 3.63) is 66.2 Å². The molecule has 5 rings (SSSR count). The summed E-state index contributed by atoms with van der Waals surface area (Å²) in [5, 5.41) is 4.26. The molecule has 1 unspecified atom stereocenters. The van der Waals surface area contributed by atoms with E-state index in [9.17, 15) is 0 Å². The molecule has 1 aromatic carbocycles. The molecule has 32 heavy (non-hydrogen) atoms. The second-order valence-electron chi connectivity index (χ2n) is 8.13. The Morgan fingerprint density at radius 1 is 1.25 bits per heavy atom. The van der Waals surface area contributed by atoms with Crippen molar-refractivity contribution in [2.45, 2.75) is 6.42 Å². The molecule has 1 atom stereocenters. The van der Waals surface area contributed by atoms with Gasteiger partial charge in [0.05, 0.1) is 31.3 Å². The Labute approximate surface area is 186 Å². The summed E-state index contributed by atoms with van der Waals surface area (Å²) in [5.74, 6) is 2.07. The zero-order chi connectivity index (χ0) is 22.2. The molecule has 9 nitrogen and oxygen atoms in total. The highest BCUT2D eigenvalue weighted by molar-refractivity contribution is 6.02. The molecule has 166 valence electrons. The maximum atomic E-state index is 6.69. The minimum Gasteiger partial charge on any atom is -0.495 e. The number of fused-ring (bicyclic) bond motifs is 1. The van der Waals surface area contributed by atoms with Gasteiger partial charge in [0, 0.05) is 55.9 Å². The Hall–Kier alpha value is -3.72. The number of ether oxygens (including phenoxy) is 2. The van der Waals surface area contributed by atoms with Gasteiger partial charge >= 0.3 is 0 Å². The molecule has 1 saturated heterocycles. The molecular formula is C23H27N7O2. The van der Waals surface area contributed by atoms with Crippen molar-refractivity contribution in [1.82, 2.24) is 14.7 Å². The number of aliphatic imine (C=N–C) groups is 1. The number of aryl methyl sites for hydroxylation is 1. The first kappa shape index (κ1) is 20.2. The fraction of sp³-hybridized carbons (Fsp3) is 0.304. The van der Waals surface area contributed by atoms with Gasteiger partial charge in [0.15, 0.2) is 0 Å². The van der Waals surface area contributed by atoms with Crippen LogP contribution < -0.4 is 21.1 Å². The molecule has 9 heteroatoms. The minimum absolute atomic E-state index is 0.332. The van der Waals surface area contributed by atoms with Gasteiger partial charge in [-0.1, -0.05) is 6.07 Å². The van der Waals surface area contributed by atoms with Gasteiger partial charge in [0.2, 0.25) is 5.96 Å². The van der Waals surface area contributed by atoms with Gasteiger partial charge in [-0.3, -0.25) is 9.58 Å². The van der Waals surface area contributed by atoms with Crippen molar-refractivity contribution in [3.63, 3.8) is 0 Å². The fourth-order valence-corrected chi connectivity index (χ4v) is 4.29. The van der Waals surface area contributed by atoms with E-state index in [-0.39, 0.29) is 0 Å². The van der Waals surface area contributed by atoms with E-state index < -0.39 is 0 Å².